The number of para-hydroxylation sites is 1. The summed E-state index contributed by atoms with van der Waals surface area (Å²) >= 11 is 0. The van der Waals surface area contributed by atoms with Gasteiger partial charge in [0.15, 0.2) is 0 Å². The highest BCUT2D eigenvalue weighted by atomic mass is 16.3. The van der Waals surface area contributed by atoms with Gasteiger partial charge < -0.3 is 10.4 Å². The highest BCUT2D eigenvalue weighted by Gasteiger charge is 2.12. The molecule has 2 heteroatoms. The van der Waals surface area contributed by atoms with Gasteiger partial charge in [-0.05, 0) is 30.9 Å². The Bertz CT molecular complexity index is 273. The van der Waals surface area contributed by atoms with Crippen molar-refractivity contribution in [2.75, 3.05) is 11.9 Å². The molecule has 1 aromatic carbocycles. The molecular weight excluding hydrogens is 198 g/mol. The van der Waals surface area contributed by atoms with Crippen molar-refractivity contribution in [1.29, 1.82) is 0 Å². The van der Waals surface area contributed by atoms with Crippen molar-refractivity contribution in [3.8, 4) is 0 Å². The molecule has 16 heavy (non-hydrogen) atoms. The Morgan fingerprint density at radius 2 is 1.88 bits per heavy atom. The Balaban J connectivity index is 2.20. The van der Waals surface area contributed by atoms with Gasteiger partial charge in [-0.3, -0.25) is 0 Å². The molecule has 2 nitrogen and oxygen atoms in total. The lowest BCUT2D eigenvalue weighted by atomic mass is 9.97. The minimum absolute atomic E-state index is 0.150. The maximum Gasteiger partial charge on any atom is 0.0566 e. The van der Waals surface area contributed by atoms with Crippen molar-refractivity contribution in [3.63, 3.8) is 0 Å². The number of hydrogen-bond acceptors (Lipinski definition) is 2. The number of anilines is 1. The molecule has 0 amide bonds. The van der Waals surface area contributed by atoms with E-state index in [1.54, 1.807) is 0 Å². The van der Waals surface area contributed by atoms with Gasteiger partial charge in [-0.15, -0.1) is 0 Å². The van der Waals surface area contributed by atoms with Crippen LogP contribution in [0.5, 0.6) is 0 Å². The number of hydrogen-bond donors (Lipinski definition) is 2. The van der Waals surface area contributed by atoms with Crippen molar-refractivity contribution in [1.82, 2.24) is 0 Å². The maximum absolute atomic E-state index is 9.79. The minimum Gasteiger partial charge on any atom is -0.393 e. The van der Waals surface area contributed by atoms with E-state index in [0.29, 0.717) is 5.92 Å². The SMILES string of the molecule is CCCC(O)C(C)CCNc1ccccc1. The average molecular weight is 221 g/mol. The molecule has 0 aliphatic carbocycles. The molecule has 0 aliphatic rings. The summed E-state index contributed by atoms with van der Waals surface area (Å²) in [5.41, 5.74) is 1.15. The molecule has 0 bridgehead atoms. The van der Waals surface area contributed by atoms with Gasteiger partial charge in [-0.25, -0.2) is 0 Å². The van der Waals surface area contributed by atoms with E-state index in [1.165, 1.54) is 0 Å². The highest BCUT2D eigenvalue weighted by molar-refractivity contribution is 5.42. The Morgan fingerprint density at radius 1 is 1.19 bits per heavy atom. The molecule has 0 spiro atoms. The summed E-state index contributed by atoms with van der Waals surface area (Å²) in [6.45, 7) is 5.15. The molecule has 2 unspecified atom stereocenters. The fourth-order valence-corrected chi connectivity index (χ4v) is 1.77. The van der Waals surface area contributed by atoms with Crippen LogP contribution in [0, 0.1) is 5.92 Å². The summed E-state index contributed by atoms with van der Waals surface area (Å²) in [5, 5.41) is 13.1. The Morgan fingerprint density at radius 3 is 2.50 bits per heavy atom. The van der Waals surface area contributed by atoms with Crippen molar-refractivity contribution in [2.45, 2.75) is 39.2 Å². The van der Waals surface area contributed by atoms with Gasteiger partial charge in [0.2, 0.25) is 0 Å². The molecular formula is C14H23NO. The molecule has 2 atom stereocenters. The van der Waals surface area contributed by atoms with Gasteiger partial charge in [0.25, 0.3) is 0 Å². The van der Waals surface area contributed by atoms with Crippen LogP contribution in [0.3, 0.4) is 0 Å². The fraction of sp³-hybridized carbons (Fsp3) is 0.571. The topological polar surface area (TPSA) is 32.3 Å². The molecule has 0 radical (unpaired) electrons. The zero-order valence-electron chi connectivity index (χ0n) is 10.3. The fourth-order valence-electron chi connectivity index (χ4n) is 1.77. The van der Waals surface area contributed by atoms with E-state index in [0.717, 1.165) is 31.5 Å². The van der Waals surface area contributed by atoms with E-state index in [9.17, 15) is 5.11 Å². The quantitative estimate of drug-likeness (QED) is 0.740. The number of aliphatic hydroxyl groups is 1. The summed E-state index contributed by atoms with van der Waals surface area (Å²) in [5.74, 6) is 0.371. The maximum atomic E-state index is 9.79. The molecule has 0 saturated carbocycles. The molecule has 90 valence electrons. The van der Waals surface area contributed by atoms with Crippen LogP contribution < -0.4 is 5.32 Å². The first-order valence-corrected chi connectivity index (χ1v) is 6.21. The second-order valence-electron chi connectivity index (χ2n) is 4.41. The van der Waals surface area contributed by atoms with Crippen molar-refractivity contribution < 1.29 is 5.11 Å². The molecule has 0 heterocycles. The van der Waals surface area contributed by atoms with Crippen molar-refractivity contribution in [2.24, 2.45) is 5.92 Å². The second-order valence-corrected chi connectivity index (χ2v) is 4.41. The van der Waals surface area contributed by atoms with Crippen LogP contribution in [-0.2, 0) is 0 Å². The average Bonchev–Trinajstić information content (AvgIpc) is 2.30. The highest BCUT2D eigenvalue weighted by Crippen LogP contribution is 2.13. The van der Waals surface area contributed by atoms with Crippen LogP contribution in [0.25, 0.3) is 0 Å². The largest absolute Gasteiger partial charge is 0.393 e. The Hall–Kier alpha value is -1.02. The number of benzene rings is 1. The van der Waals surface area contributed by atoms with E-state index in [1.807, 2.05) is 18.2 Å². The lowest BCUT2D eigenvalue weighted by Gasteiger charge is -2.18. The lowest BCUT2D eigenvalue weighted by molar-refractivity contribution is 0.104. The third-order valence-electron chi connectivity index (χ3n) is 2.94. The Labute approximate surface area is 98.7 Å². The van der Waals surface area contributed by atoms with Crippen LogP contribution in [0.4, 0.5) is 5.69 Å². The summed E-state index contributed by atoms with van der Waals surface area (Å²) in [4.78, 5) is 0. The summed E-state index contributed by atoms with van der Waals surface area (Å²) < 4.78 is 0. The smallest absolute Gasteiger partial charge is 0.0566 e. The van der Waals surface area contributed by atoms with Gasteiger partial charge in [-0.2, -0.15) is 0 Å². The van der Waals surface area contributed by atoms with Crippen LogP contribution in [0.15, 0.2) is 30.3 Å². The second kappa shape index (κ2) is 7.29. The van der Waals surface area contributed by atoms with Crippen molar-refractivity contribution >= 4 is 5.69 Å². The molecule has 2 N–H and O–H groups in total. The van der Waals surface area contributed by atoms with Crippen LogP contribution in [-0.4, -0.2) is 17.8 Å². The molecule has 1 aromatic rings. The normalized spacial score (nSPS) is 14.4. The van der Waals surface area contributed by atoms with E-state index in [4.69, 9.17) is 0 Å². The first kappa shape index (κ1) is 13.0. The van der Waals surface area contributed by atoms with Gasteiger partial charge in [-0.1, -0.05) is 38.5 Å². The number of rotatable bonds is 7. The minimum atomic E-state index is -0.150. The molecule has 0 saturated heterocycles. The lowest BCUT2D eigenvalue weighted by Crippen LogP contribution is -2.20. The van der Waals surface area contributed by atoms with Crippen molar-refractivity contribution in [3.05, 3.63) is 30.3 Å². The van der Waals surface area contributed by atoms with Crippen LogP contribution >= 0.6 is 0 Å². The molecule has 0 fully saturated rings. The van der Waals surface area contributed by atoms with E-state index < -0.39 is 0 Å². The third-order valence-corrected chi connectivity index (χ3v) is 2.94. The summed E-state index contributed by atoms with van der Waals surface area (Å²) in [7, 11) is 0. The zero-order chi connectivity index (χ0) is 11.8. The van der Waals surface area contributed by atoms with Crippen LogP contribution in [0.2, 0.25) is 0 Å². The first-order valence-electron chi connectivity index (χ1n) is 6.21. The number of aliphatic hydroxyl groups excluding tert-OH is 1. The predicted octanol–water partition coefficient (Wildman–Crippen LogP) is 3.29. The predicted molar refractivity (Wildman–Crippen MR) is 69.6 cm³/mol. The summed E-state index contributed by atoms with van der Waals surface area (Å²) in [6.07, 6.45) is 2.82. The molecule has 0 aliphatic heterocycles. The third kappa shape index (κ3) is 4.67. The van der Waals surface area contributed by atoms with E-state index in [-0.39, 0.29) is 6.10 Å². The van der Waals surface area contributed by atoms with Crippen LogP contribution in [0.1, 0.15) is 33.1 Å². The van der Waals surface area contributed by atoms with Gasteiger partial charge in [0.1, 0.15) is 0 Å². The monoisotopic (exact) mass is 221 g/mol. The standard InChI is InChI=1S/C14H23NO/c1-3-7-14(16)12(2)10-11-15-13-8-5-4-6-9-13/h4-6,8-9,12,14-16H,3,7,10-11H2,1-2H3. The van der Waals surface area contributed by atoms with E-state index >= 15 is 0 Å². The van der Waals surface area contributed by atoms with Gasteiger partial charge in [0, 0.05) is 12.2 Å². The number of nitrogens with one attached hydrogen (secondary N) is 1. The Kier molecular flexibility index (Phi) is 5.94. The molecule has 0 aromatic heterocycles. The van der Waals surface area contributed by atoms with E-state index in [2.05, 4.69) is 31.3 Å². The molecule has 1 rings (SSSR count). The van der Waals surface area contributed by atoms with Gasteiger partial charge in [0.05, 0.1) is 6.10 Å². The summed E-state index contributed by atoms with van der Waals surface area (Å²) in [6, 6.07) is 10.2. The zero-order valence-corrected chi connectivity index (χ0v) is 10.3. The first-order chi connectivity index (χ1) is 7.74. The van der Waals surface area contributed by atoms with Gasteiger partial charge >= 0.3 is 0 Å².